The maximum atomic E-state index is 12.9. The van der Waals surface area contributed by atoms with Gasteiger partial charge in [-0.1, -0.05) is 24.8 Å². The van der Waals surface area contributed by atoms with E-state index in [9.17, 15) is 18.4 Å². The minimum atomic E-state index is -4.46. The van der Waals surface area contributed by atoms with E-state index in [4.69, 9.17) is 4.74 Å². The molecule has 0 aromatic carbocycles. The highest BCUT2D eigenvalue weighted by molar-refractivity contribution is 8.00. The molecule has 0 aliphatic carbocycles. The molecule has 3 heterocycles. The molecule has 2 aromatic heterocycles. The average molecular weight is 387 g/mol. The second kappa shape index (κ2) is 7.11. The van der Waals surface area contributed by atoms with Crippen LogP contribution in [0.5, 0.6) is 0 Å². The van der Waals surface area contributed by atoms with Crippen LogP contribution in [0.3, 0.4) is 0 Å². The zero-order valence-corrected chi connectivity index (χ0v) is 15.3. The van der Waals surface area contributed by atoms with Gasteiger partial charge in [0.2, 0.25) is 0 Å². The Balaban J connectivity index is 1.78. The number of alkyl halides is 3. The van der Waals surface area contributed by atoms with Crippen molar-refractivity contribution in [2.45, 2.75) is 55.2 Å². The van der Waals surface area contributed by atoms with Crippen LogP contribution in [-0.4, -0.2) is 31.5 Å². The number of thioether (sulfide) groups is 1. The standard InChI is InChI=1S/C17H20F3N3O2S/c1-3-11-9-12(23(24)22-11)13-10-16(2,7-8-25-13)26-15-6-4-5-14(21-15)17(18,19)20/h4-6,9,13,24H,3,7-8,10H2,1-2H3. The molecule has 1 saturated heterocycles. The van der Waals surface area contributed by atoms with Gasteiger partial charge in [0.05, 0.1) is 10.7 Å². The molecular weight excluding hydrogens is 367 g/mol. The minimum Gasteiger partial charge on any atom is -0.411 e. The molecule has 1 N–H and O–H groups in total. The number of ether oxygens (including phenoxy) is 1. The van der Waals surface area contributed by atoms with Crippen LogP contribution in [0.4, 0.5) is 13.2 Å². The molecule has 0 amide bonds. The highest BCUT2D eigenvalue weighted by Crippen LogP contribution is 2.45. The van der Waals surface area contributed by atoms with E-state index in [2.05, 4.69) is 10.1 Å². The monoisotopic (exact) mass is 387 g/mol. The van der Waals surface area contributed by atoms with Crippen molar-refractivity contribution in [2.24, 2.45) is 0 Å². The Bertz CT molecular complexity index is 781. The number of rotatable bonds is 4. The Morgan fingerprint density at radius 3 is 2.85 bits per heavy atom. The molecule has 1 aliphatic heterocycles. The lowest BCUT2D eigenvalue weighted by molar-refractivity contribution is -0.141. The summed E-state index contributed by atoms with van der Waals surface area (Å²) in [5.41, 5.74) is 0.423. The fourth-order valence-electron chi connectivity index (χ4n) is 2.97. The summed E-state index contributed by atoms with van der Waals surface area (Å²) in [6.45, 7) is 4.36. The van der Waals surface area contributed by atoms with E-state index in [1.165, 1.54) is 17.8 Å². The molecule has 0 radical (unpaired) electrons. The van der Waals surface area contributed by atoms with E-state index in [1.54, 1.807) is 12.1 Å². The smallest absolute Gasteiger partial charge is 0.411 e. The van der Waals surface area contributed by atoms with Gasteiger partial charge in [0.25, 0.3) is 0 Å². The van der Waals surface area contributed by atoms with Crippen molar-refractivity contribution < 1.29 is 23.1 Å². The van der Waals surface area contributed by atoms with E-state index in [0.29, 0.717) is 36.6 Å². The van der Waals surface area contributed by atoms with Crippen LogP contribution in [0.15, 0.2) is 29.3 Å². The summed E-state index contributed by atoms with van der Waals surface area (Å²) in [4.78, 5) is 4.58. The molecule has 3 rings (SSSR count). The van der Waals surface area contributed by atoms with Gasteiger partial charge in [-0.25, -0.2) is 4.98 Å². The van der Waals surface area contributed by atoms with Gasteiger partial charge in [-0.15, -0.1) is 9.94 Å². The molecule has 0 spiro atoms. The Morgan fingerprint density at radius 2 is 2.19 bits per heavy atom. The van der Waals surface area contributed by atoms with Gasteiger partial charge in [0, 0.05) is 11.4 Å². The van der Waals surface area contributed by atoms with Gasteiger partial charge in [-0.2, -0.15) is 13.2 Å². The average Bonchev–Trinajstić information content (AvgIpc) is 2.95. The molecule has 2 atom stereocenters. The van der Waals surface area contributed by atoms with Crippen molar-refractivity contribution >= 4 is 11.8 Å². The predicted octanol–water partition coefficient (Wildman–Crippen LogP) is 4.50. The Hall–Kier alpha value is -1.74. The summed E-state index contributed by atoms with van der Waals surface area (Å²) in [5, 5.41) is 14.3. The second-order valence-corrected chi connectivity index (χ2v) is 8.14. The number of aromatic nitrogens is 3. The quantitative estimate of drug-likeness (QED) is 0.783. The minimum absolute atomic E-state index is 0.328. The van der Waals surface area contributed by atoms with E-state index in [1.807, 2.05) is 13.8 Å². The molecule has 142 valence electrons. The summed E-state index contributed by atoms with van der Waals surface area (Å²) >= 11 is 1.31. The molecule has 2 unspecified atom stereocenters. The number of halogens is 3. The lowest BCUT2D eigenvalue weighted by Gasteiger charge is -2.37. The number of nitrogens with zero attached hydrogens (tertiary/aromatic N) is 3. The Kier molecular flexibility index (Phi) is 5.21. The zero-order chi connectivity index (χ0) is 18.9. The SMILES string of the molecule is CCc1cc(C2CC(C)(Sc3cccc(C(F)(F)F)n3)CCO2)n(O)n1. The summed E-state index contributed by atoms with van der Waals surface area (Å²) < 4.78 is 44.0. The van der Waals surface area contributed by atoms with Crippen LogP contribution in [0.2, 0.25) is 0 Å². The largest absolute Gasteiger partial charge is 0.433 e. The maximum Gasteiger partial charge on any atom is 0.433 e. The van der Waals surface area contributed by atoms with E-state index >= 15 is 0 Å². The van der Waals surface area contributed by atoms with Gasteiger partial charge < -0.3 is 9.94 Å². The first-order valence-corrected chi connectivity index (χ1v) is 9.15. The van der Waals surface area contributed by atoms with Crippen molar-refractivity contribution in [1.82, 2.24) is 14.9 Å². The van der Waals surface area contributed by atoms with E-state index in [-0.39, 0.29) is 10.9 Å². The zero-order valence-electron chi connectivity index (χ0n) is 14.5. The Labute approximate surface area is 153 Å². The fraction of sp³-hybridized carbons (Fsp3) is 0.529. The van der Waals surface area contributed by atoms with E-state index in [0.717, 1.165) is 16.6 Å². The van der Waals surface area contributed by atoms with Gasteiger partial charge in [-0.05, 0) is 44.4 Å². The van der Waals surface area contributed by atoms with Crippen molar-refractivity contribution in [2.75, 3.05) is 6.61 Å². The van der Waals surface area contributed by atoms with Crippen molar-refractivity contribution in [3.63, 3.8) is 0 Å². The highest BCUT2D eigenvalue weighted by Gasteiger charge is 2.38. The van der Waals surface area contributed by atoms with Gasteiger partial charge in [0.1, 0.15) is 17.5 Å². The maximum absolute atomic E-state index is 12.9. The fourth-order valence-corrected chi connectivity index (χ4v) is 4.18. The number of aryl methyl sites for hydroxylation is 1. The Morgan fingerprint density at radius 1 is 1.42 bits per heavy atom. The summed E-state index contributed by atoms with van der Waals surface area (Å²) in [5.74, 6) is 0. The summed E-state index contributed by atoms with van der Waals surface area (Å²) in [7, 11) is 0. The third-order valence-corrected chi connectivity index (χ3v) is 5.69. The van der Waals surface area contributed by atoms with Crippen LogP contribution < -0.4 is 0 Å². The van der Waals surface area contributed by atoms with Gasteiger partial charge >= 0.3 is 6.18 Å². The lowest BCUT2D eigenvalue weighted by atomic mass is 9.95. The predicted molar refractivity (Wildman–Crippen MR) is 90.2 cm³/mol. The molecular formula is C17H20F3N3O2S. The van der Waals surface area contributed by atoms with Crippen molar-refractivity contribution in [3.05, 3.63) is 41.3 Å². The molecule has 9 heteroatoms. The first-order chi connectivity index (χ1) is 12.2. The number of pyridine rings is 1. The number of hydrogen-bond acceptors (Lipinski definition) is 5. The van der Waals surface area contributed by atoms with Gasteiger partial charge in [0.15, 0.2) is 0 Å². The topological polar surface area (TPSA) is 60.2 Å². The first-order valence-electron chi connectivity index (χ1n) is 8.33. The molecule has 0 bridgehead atoms. The molecule has 0 saturated carbocycles. The molecule has 26 heavy (non-hydrogen) atoms. The second-order valence-electron chi connectivity index (χ2n) is 6.53. The third kappa shape index (κ3) is 4.15. The van der Waals surface area contributed by atoms with Crippen LogP contribution in [0, 0.1) is 0 Å². The van der Waals surface area contributed by atoms with Crippen LogP contribution in [0.25, 0.3) is 0 Å². The normalized spacial score (nSPS) is 24.0. The lowest BCUT2D eigenvalue weighted by Crippen LogP contribution is -2.32. The molecule has 2 aromatic rings. The summed E-state index contributed by atoms with van der Waals surface area (Å²) in [6.07, 6.45) is -2.94. The number of hydrogen-bond donors (Lipinski definition) is 1. The van der Waals surface area contributed by atoms with Gasteiger partial charge in [-0.3, -0.25) is 0 Å². The van der Waals surface area contributed by atoms with Crippen molar-refractivity contribution in [3.8, 4) is 0 Å². The molecule has 1 aliphatic rings. The van der Waals surface area contributed by atoms with E-state index < -0.39 is 11.9 Å². The molecule has 5 nitrogen and oxygen atoms in total. The first kappa shape index (κ1) is 19.0. The highest BCUT2D eigenvalue weighted by atomic mass is 32.2. The third-order valence-electron chi connectivity index (χ3n) is 4.39. The molecule has 1 fully saturated rings. The van der Waals surface area contributed by atoms with Crippen LogP contribution >= 0.6 is 11.8 Å². The van der Waals surface area contributed by atoms with Crippen LogP contribution in [0.1, 0.15) is 49.9 Å². The van der Waals surface area contributed by atoms with Crippen molar-refractivity contribution in [1.29, 1.82) is 0 Å². The van der Waals surface area contributed by atoms with Crippen LogP contribution in [-0.2, 0) is 17.3 Å². The summed E-state index contributed by atoms with van der Waals surface area (Å²) in [6, 6.07) is 5.72.